The topological polar surface area (TPSA) is 24.5 Å². The van der Waals surface area contributed by atoms with E-state index in [4.69, 9.17) is 4.74 Å². The summed E-state index contributed by atoms with van der Waals surface area (Å²) in [5, 5.41) is 3.80. The van der Waals surface area contributed by atoms with E-state index in [1.165, 1.54) is 38.8 Å². The molecule has 0 radical (unpaired) electrons. The first-order valence-corrected chi connectivity index (χ1v) is 6.77. The van der Waals surface area contributed by atoms with Gasteiger partial charge in [-0.05, 0) is 45.1 Å². The molecule has 0 spiro atoms. The highest BCUT2D eigenvalue weighted by molar-refractivity contribution is 4.87. The molecule has 1 aliphatic carbocycles. The number of piperidine rings is 1. The second-order valence-electron chi connectivity index (χ2n) is 5.43. The smallest absolute Gasteiger partial charge is 0.0589 e. The van der Waals surface area contributed by atoms with Gasteiger partial charge in [-0.15, -0.1) is 0 Å². The number of hydrogen-bond donors (Lipinski definition) is 1. The van der Waals surface area contributed by atoms with Crippen molar-refractivity contribution in [2.24, 2.45) is 5.92 Å². The predicted molar refractivity (Wildman–Crippen MR) is 66.7 cm³/mol. The van der Waals surface area contributed by atoms with E-state index in [-0.39, 0.29) is 0 Å². The molecular weight excluding hydrogens is 200 g/mol. The fourth-order valence-electron chi connectivity index (χ4n) is 2.72. The molecule has 2 rings (SSSR count). The third kappa shape index (κ3) is 3.72. The summed E-state index contributed by atoms with van der Waals surface area (Å²) in [7, 11) is 1.79. The van der Waals surface area contributed by atoms with Crippen molar-refractivity contribution < 1.29 is 4.74 Å². The van der Waals surface area contributed by atoms with Crippen molar-refractivity contribution in [1.29, 1.82) is 0 Å². The molecule has 0 aromatic carbocycles. The van der Waals surface area contributed by atoms with Crippen LogP contribution in [-0.2, 0) is 4.74 Å². The van der Waals surface area contributed by atoms with Gasteiger partial charge in [0.05, 0.1) is 6.61 Å². The van der Waals surface area contributed by atoms with Gasteiger partial charge in [-0.2, -0.15) is 0 Å². The Labute approximate surface area is 99.5 Å². The Hall–Kier alpha value is -0.120. The highest BCUT2D eigenvalue weighted by Gasteiger charge is 2.30. The van der Waals surface area contributed by atoms with Crippen LogP contribution in [0.1, 0.15) is 32.6 Å². The van der Waals surface area contributed by atoms with Gasteiger partial charge in [-0.1, -0.05) is 0 Å². The third-order valence-corrected chi connectivity index (χ3v) is 3.94. The number of methoxy groups -OCH3 is 1. The summed E-state index contributed by atoms with van der Waals surface area (Å²) in [5.41, 5.74) is 0. The molecule has 2 unspecified atom stereocenters. The van der Waals surface area contributed by atoms with Crippen molar-refractivity contribution in [3.05, 3.63) is 0 Å². The minimum Gasteiger partial charge on any atom is -0.383 e. The van der Waals surface area contributed by atoms with E-state index in [2.05, 4.69) is 17.1 Å². The van der Waals surface area contributed by atoms with Crippen LogP contribution in [0.4, 0.5) is 0 Å². The van der Waals surface area contributed by atoms with E-state index < -0.39 is 0 Å². The first-order valence-electron chi connectivity index (χ1n) is 6.77. The van der Waals surface area contributed by atoms with Crippen LogP contribution in [0.2, 0.25) is 0 Å². The minimum atomic E-state index is 0.709. The highest BCUT2D eigenvalue weighted by atomic mass is 16.5. The normalized spacial score (nSPS) is 29.2. The number of ether oxygens (including phenoxy) is 1. The van der Waals surface area contributed by atoms with E-state index in [1.807, 2.05) is 0 Å². The molecule has 0 bridgehead atoms. The quantitative estimate of drug-likeness (QED) is 0.742. The zero-order valence-electron chi connectivity index (χ0n) is 10.7. The van der Waals surface area contributed by atoms with Gasteiger partial charge in [0, 0.05) is 32.3 Å². The average Bonchev–Trinajstić information content (AvgIpc) is 3.10. The van der Waals surface area contributed by atoms with Crippen LogP contribution in [0.3, 0.4) is 0 Å². The van der Waals surface area contributed by atoms with Gasteiger partial charge < -0.3 is 10.1 Å². The van der Waals surface area contributed by atoms with E-state index in [1.54, 1.807) is 7.11 Å². The molecule has 0 amide bonds. The maximum atomic E-state index is 5.15. The molecule has 1 aliphatic heterocycles. The van der Waals surface area contributed by atoms with Crippen molar-refractivity contribution in [3.63, 3.8) is 0 Å². The largest absolute Gasteiger partial charge is 0.383 e. The molecule has 16 heavy (non-hydrogen) atoms. The molecular formula is C13H26N2O. The van der Waals surface area contributed by atoms with Crippen LogP contribution in [0.15, 0.2) is 0 Å². The molecule has 2 atom stereocenters. The lowest BCUT2D eigenvalue weighted by atomic mass is 10.0. The molecule has 2 aliphatic rings. The Morgan fingerprint density at radius 1 is 1.38 bits per heavy atom. The standard InChI is InChI=1S/C13H26N2O/c1-11(12-5-6-12)14-13-4-3-7-15(10-13)8-9-16-2/h11-14H,3-10H2,1-2H3. The SMILES string of the molecule is COCCN1CCCC(NC(C)C2CC2)C1. The lowest BCUT2D eigenvalue weighted by Crippen LogP contribution is -2.49. The van der Waals surface area contributed by atoms with E-state index in [9.17, 15) is 0 Å². The van der Waals surface area contributed by atoms with Crippen LogP contribution in [0.5, 0.6) is 0 Å². The lowest BCUT2D eigenvalue weighted by Gasteiger charge is -2.34. The second-order valence-corrected chi connectivity index (χ2v) is 5.43. The van der Waals surface area contributed by atoms with Crippen molar-refractivity contribution in [2.45, 2.75) is 44.7 Å². The molecule has 1 N–H and O–H groups in total. The predicted octanol–water partition coefficient (Wildman–Crippen LogP) is 1.49. The summed E-state index contributed by atoms with van der Waals surface area (Å²) in [6.07, 6.45) is 5.56. The number of nitrogens with one attached hydrogen (secondary N) is 1. The molecule has 1 saturated heterocycles. The van der Waals surface area contributed by atoms with Crippen molar-refractivity contribution in [3.8, 4) is 0 Å². The maximum Gasteiger partial charge on any atom is 0.0589 e. The average molecular weight is 226 g/mol. The summed E-state index contributed by atoms with van der Waals surface area (Å²) < 4.78 is 5.15. The highest BCUT2D eigenvalue weighted by Crippen LogP contribution is 2.32. The van der Waals surface area contributed by atoms with Crippen LogP contribution < -0.4 is 5.32 Å². The Bertz CT molecular complexity index is 206. The van der Waals surface area contributed by atoms with Crippen molar-refractivity contribution in [2.75, 3.05) is 33.4 Å². The van der Waals surface area contributed by atoms with Gasteiger partial charge in [-0.25, -0.2) is 0 Å². The van der Waals surface area contributed by atoms with Crippen LogP contribution in [0, 0.1) is 5.92 Å². The summed E-state index contributed by atoms with van der Waals surface area (Å²) in [4.78, 5) is 2.53. The van der Waals surface area contributed by atoms with Gasteiger partial charge in [0.15, 0.2) is 0 Å². The fourth-order valence-corrected chi connectivity index (χ4v) is 2.72. The van der Waals surface area contributed by atoms with Gasteiger partial charge in [0.2, 0.25) is 0 Å². The van der Waals surface area contributed by atoms with Gasteiger partial charge in [0.1, 0.15) is 0 Å². The van der Waals surface area contributed by atoms with E-state index >= 15 is 0 Å². The molecule has 3 heteroatoms. The summed E-state index contributed by atoms with van der Waals surface area (Å²) in [5.74, 6) is 0.967. The van der Waals surface area contributed by atoms with Crippen LogP contribution in [-0.4, -0.2) is 50.3 Å². The van der Waals surface area contributed by atoms with E-state index in [0.717, 1.165) is 25.1 Å². The molecule has 2 fully saturated rings. The molecule has 94 valence electrons. The first kappa shape index (κ1) is 12.3. The zero-order chi connectivity index (χ0) is 11.4. The lowest BCUT2D eigenvalue weighted by molar-refractivity contribution is 0.120. The van der Waals surface area contributed by atoms with Gasteiger partial charge in [0.25, 0.3) is 0 Å². The maximum absolute atomic E-state index is 5.15. The van der Waals surface area contributed by atoms with Crippen LogP contribution in [0.25, 0.3) is 0 Å². The Kier molecular flexibility index (Phi) is 4.62. The second kappa shape index (κ2) is 5.99. The molecule has 1 heterocycles. The van der Waals surface area contributed by atoms with Gasteiger partial charge in [-0.3, -0.25) is 4.90 Å². The molecule has 1 saturated carbocycles. The minimum absolute atomic E-state index is 0.709. The first-order chi connectivity index (χ1) is 7.79. The Morgan fingerprint density at radius 2 is 2.19 bits per heavy atom. The third-order valence-electron chi connectivity index (χ3n) is 3.94. The van der Waals surface area contributed by atoms with E-state index in [0.29, 0.717) is 6.04 Å². The Balaban J connectivity index is 1.68. The van der Waals surface area contributed by atoms with Crippen LogP contribution >= 0.6 is 0 Å². The number of rotatable bonds is 6. The summed E-state index contributed by atoms with van der Waals surface area (Å²) in [6, 6.07) is 1.44. The molecule has 0 aromatic heterocycles. The van der Waals surface area contributed by atoms with Crippen molar-refractivity contribution in [1.82, 2.24) is 10.2 Å². The van der Waals surface area contributed by atoms with Crippen molar-refractivity contribution >= 4 is 0 Å². The molecule has 3 nitrogen and oxygen atoms in total. The fraction of sp³-hybridized carbons (Fsp3) is 1.00. The zero-order valence-corrected chi connectivity index (χ0v) is 10.7. The number of hydrogen-bond acceptors (Lipinski definition) is 3. The summed E-state index contributed by atoms with van der Waals surface area (Å²) >= 11 is 0. The molecule has 0 aromatic rings. The number of nitrogens with zero attached hydrogens (tertiary/aromatic N) is 1. The van der Waals surface area contributed by atoms with Gasteiger partial charge >= 0.3 is 0 Å². The number of likely N-dealkylation sites (tertiary alicyclic amines) is 1. The summed E-state index contributed by atoms with van der Waals surface area (Å²) in [6.45, 7) is 6.77. The monoisotopic (exact) mass is 226 g/mol. The Morgan fingerprint density at radius 3 is 2.88 bits per heavy atom.